The van der Waals surface area contributed by atoms with Crippen LogP contribution in [0.4, 0.5) is 5.00 Å². The maximum atomic E-state index is 11.3. The van der Waals surface area contributed by atoms with Crippen molar-refractivity contribution >= 4 is 47.1 Å². The largest absolute Gasteiger partial charge is 0.380 e. The summed E-state index contributed by atoms with van der Waals surface area (Å²) in [5.74, 6) is 0. The highest BCUT2D eigenvalue weighted by molar-refractivity contribution is 7.91. The lowest BCUT2D eigenvalue weighted by Crippen LogP contribution is -2.11. The fraction of sp³-hybridized carbons (Fsp3) is 0.250. The number of fused-ring (bicyclic) bond motifs is 1. The molecule has 0 aliphatic rings. The van der Waals surface area contributed by atoms with E-state index in [-0.39, 0.29) is 4.21 Å². The number of sulfonamides is 1. The molecule has 2 rings (SSSR count). The molecule has 0 aliphatic heterocycles. The minimum atomic E-state index is -3.58. The van der Waals surface area contributed by atoms with Gasteiger partial charge in [-0.25, -0.2) is 13.6 Å². The van der Waals surface area contributed by atoms with Gasteiger partial charge in [0, 0.05) is 11.7 Å². The monoisotopic (exact) mass is 262 g/mol. The number of aryl methyl sites for hydroxylation is 1. The zero-order valence-corrected chi connectivity index (χ0v) is 10.6. The van der Waals surface area contributed by atoms with Crippen LogP contribution in [0, 0.1) is 6.92 Å². The van der Waals surface area contributed by atoms with Crippen LogP contribution in [-0.2, 0) is 10.0 Å². The molecule has 0 spiro atoms. The van der Waals surface area contributed by atoms with Crippen LogP contribution in [0.5, 0.6) is 0 Å². The average molecular weight is 262 g/mol. The first kappa shape index (κ1) is 10.9. The van der Waals surface area contributed by atoms with Crippen LogP contribution in [0.25, 0.3) is 9.40 Å². The number of nitrogens with one attached hydrogen (secondary N) is 1. The van der Waals surface area contributed by atoms with E-state index in [0.717, 1.165) is 20.0 Å². The Morgan fingerprint density at radius 2 is 2.07 bits per heavy atom. The SMILES string of the molecule is CNc1cc2sc(S(N)(=O)=O)c(C)c2s1. The van der Waals surface area contributed by atoms with Gasteiger partial charge < -0.3 is 5.32 Å². The molecule has 3 N–H and O–H groups in total. The summed E-state index contributed by atoms with van der Waals surface area (Å²) < 4.78 is 24.7. The molecule has 2 heterocycles. The topological polar surface area (TPSA) is 72.2 Å². The molecule has 0 amide bonds. The second-order valence-corrected chi connectivity index (χ2v) is 6.97. The summed E-state index contributed by atoms with van der Waals surface area (Å²) in [5, 5.41) is 9.18. The first-order valence-corrected chi connectivity index (χ1v) is 7.35. The average Bonchev–Trinajstić information content (AvgIpc) is 2.64. The van der Waals surface area contributed by atoms with Gasteiger partial charge in [0.05, 0.1) is 9.70 Å². The highest BCUT2D eigenvalue weighted by Gasteiger charge is 2.19. The first-order valence-electron chi connectivity index (χ1n) is 4.17. The van der Waals surface area contributed by atoms with Gasteiger partial charge in [-0.3, -0.25) is 0 Å². The molecule has 0 atom stereocenters. The molecule has 0 radical (unpaired) electrons. The van der Waals surface area contributed by atoms with E-state index in [9.17, 15) is 8.42 Å². The van der Waals surface area contributed by atoms with E-state index in [1.54, 1.807) is 18.3 Å². The number of primary sulfonamides is 1. The molecule has 7 heteroatoms. The number of hydrogen-bond donors (Lipinski definition) is 2. The minimum absolute atomic E-state index is 0.270. The smallest absolute Gasteiger partial charge is 0.247 e. The number of rotatable bonds is 2. The van der Waals surface area contributed by atoms with Gasteiger partial charge in [0.1, 0.15) is 4.21 Å². The third kappa shape index (κ3) is 1.76. The molecule has 0 unspecified atom stereocenters. The quantitative estimate of drug-likeness (QED) is 0.869. The van der Waals surface area contributed by atoms with Crippen molar-refractivity contribution < 1.29 is 8.42 Å². The zero-order valence-electron chi connectivity index (χ0n) is 8.20. The van der Waals surface area contributed by atoms with Crippen molar-refractivity contribution in [2.24, 2.45) is 5.14 Å². The Balaban J connectivity index is 2.73. The molecule has 82 valence electrons. The van der Waals surface area contributed by atoms with Crippen LogP contribution >= 0.6 is 22.7 Å². The Morgan fingerprint density at radius 1 is 1.40 bits per heavy atom. The lowest BCUT2D eigenvalue weighted by atomic mass is 10.4. The molecule has 0 bridgehead atoms. The Bertz CT molecular complexity index is 609. The molecule has 4 nitrogen and oxygen atoms in total. The Hall–Kier alpha value is -0.630. The van der Waals surface area contributed by atoms with Crippen LogP contribution in [0.1, 0.15) is 5.56 Å². The van der Waals surface area contributed by atoms with Crippen molar-refractivity contribution in [2.75, 3.05) is 12.4 Å². The molecular weight excluding hydrogens is 252 g/mol. The second kappa shape index (κ2) is 3.44. The van der Waals surface area contributed by atoms with E-state index in [4.69, 9.17) is 5.14 Å². The lowest BCUT2D eigenvalue weighted by Gasteiger charge is -1.94. The van der Waals surface area contributed by atoms with Crippen molar-refractivity contribution in [2.45, 2.75) is 11.1 Å². The van der Waals surface area contributed by atoms with Crippen molar-refractivity contribution in [3.05, 3.63) is 11.6 Å². The molecule has 0 aromatic carbocycles. The van der Waals surface area contributed by atoms with Crippen LogP contribution in [0.2, 0.25) is 0 Å². The summed E-state index contributed by atoms with van der Waals surface area (Å²) >= 11 is 2.76. The number of nitrogens with two attached hydrogens (primary N) is 1. The number of thiophene rings is 2. The normalized spacial score (nSPS) is 12.2. The fourth-order valence-electron chi connectivity index (χ4n) is 1.38. The first-order chi connectivity index (χ1) is 6.93. The highest BCUT2D eigenvalue weighted by Crippen LogP contribution is 2.40. The maximum Gasteiger partial charge on any atom is 0.247 e. The predicted molar refractivity (Wildman–Crippen MR) is 65.4 cm³/mol. The molecule has 0 fully saturated rings. The molecule has 2 aromatic rings. The molecule has 2 aromatic heterocycles. The maximum absolute atomic E-state index is 11.3. The van der Waals surface area contributed by atoms with Crippen LogP contribution in [0.3, 0.4) is 0 Å². The van der Waals surface area contributed by atoms with Gasteiger partial charge in [0.2, 0.25) is 10.0 Å². The summed E-state index contributed by atoms with van der Waals surface area (Å²) in [5.41, 5.74) is 0.754. The minimum Gasteiger partial charge on any atom is -0.380 e. The van der Waals surface area contributed by atoms with E-state index in [0.29, 0.717) is 0 Å². The zero-order chi connectivity index (χ0) is 11.2. The van der Waals surface area contributed by atoms with Crippen molar-refractivity contribution in [1.29, 1.82) is 0 Å². The van der Waals surface area contributed by atoms with Gasteiger partial charge in [-0.2, -0.15) is 0 Å². The molecule has 0 aliphatic carbocycles. The summed E-state index contributed by atoms with van der Waals surface area (Å²) in [7, 11) is -1.74. The van der Waals surface area contributed by atoms with Crippen molar-refractivity contribution in [3.8, 4) is 0 Å². The highest BCUT2D eigenvalue weighted by atomic mass is 32.2. The summed E-state index contributed by atoms with van der Waals surface area (Å²) in [4.78, 5) is 0. The molecule has 15 heavy (non-hydrogen) atoms. The summed E-state index contributed by atoms with van der Waals surface area (Å²) in [6.07, 6.45) is 0. The predicted octanol–water partition coefficient (Wildman–Crippen LogP) is 1.96. The summed E-state index contributed by atoms with van der Waals surface area (Å²) in [6.45, 7) is 1.79. The van der Waals surface area contributed by atoms with Gasteiger partial charge in [0.15, 0.2) is 0 Å². The van der Waals surface area contributed by atoms with Crippen LogP contribution in [-0.4, -0.2) is 15.5 Å². The van der Waals surface area contributed by atoms with Gasteiger partial charge in [-0.1, -0.05) is 0 Å². The van der Waals surface area contributed by atoms with Gasteiger partial charge >= 0.3 is 0 Å². The third-order valence-corrected chi connectivity index (χ3v) is 6.26. The Kier molecular flexibility index (Phi) is 2.50. The molecule has 0 saturated carbocycles. The van der Waals surface area contributed by atoms with Gasteiger partial charge in [0.25, 0.3) is 0 Å². The van der Waals surface area contributed by atoms with Crippen molar-refractivity contribution in [1.82, 2.24) is 0 Å². The third-order valence-electron chi connectivity index (χ3n) is 2.05. The number of hydrogen-bond acceptors (Lipinski definition) is 5. The molecular formula is C8H10N2O2S3. The Morgan fingerprint density at radius 3 is 2.53 bits per heavy atom. The fourth-order valence-corrected chi connectivity index (χ4v) is 4.88. The van der Waals surface area contributed by atoms with Crippen LogP contribution < -0.4 is 10.5 Å². The second-order valence-electron chi connectivity index (χ2n) is 3.11. The van der Waals surface area contributed by atoms with Gasteiger partial charge in [-0.15, -0.1) is 22.7 Å². The van der Waals surface area contributed by atoms with E-state index in [1.807, 2.05) is 13.1 Å². The van der Waals surface area contributed by atoms with Crippen molar-refractivity contribution in [3.63, 3.8) is 0 Å². The van der Waals surface area contributed by atoms with E-state index in [1.165, 1.54) is 11.3 Å². The van der Waals surface area contributed by atoms with E-state index in [2.05, 4.69) is 5.32 Å². The van der Waals surface area contributed by atoms with E-state index < -0.39 is 10.0 Å². The van der Waals surface area contributed by atoms with Gasteiger partial charge in [-0.05, 0) is 18.6 Å². The standard InChI is InChI=1S/C8H10N2O2S3/c1-4-7-5(3-6(10-2)14-7)13-8(4)15(9,11)12/h3,10H,1-2H3,(H2,9,11,12). The molecule has 0 saturated heterocycles. The number of anilines is 1. The lowest BCUT2D eigenvalue weighted by molar-refractivity contribution is 0.599. The Labute approximate surface area is 95.8 Å². The van der Waals surface area contributed by atoms with Crippen LogP contribution in [0.15, 0.2) is 10.3 Å². The van der Waals surface area contributed by atoms with E-state index >= 15 is 0 Å². The summed E-state index contributed by atoms with van der Waals surface area (Å²) in [6, 6.07) is 1.94.